The van der Waals surface area contributed by atoms with Crippen molar-refractivity contribution in [2.75, 3.05) is 0 Å². The summed E-state index contributed by atoms with van der Waals surface area (Å²) in [6.45, 7) is 10.8. The van der Waals surface area contributed by atoms with Crippen molar-refractivity contribution < 1.29 is 19.1 Å². The number of rotatable bonds is 5. The van der Waals surface area contributed by atoms with Crippen LogP contribution in [0.5, 0.6) is 0 Å². The van der Waals surface area contributed by atoms with Crippen LogP contribution >= 0.6 is 0 Å². The Bertz CT molecular complexity index is 388. The number of carbonyl (C=O) groups is 2. The maximum absolute atomic E-state index is 11.4. The average molecular weight is 250 g/mol. The molecule has 98 valence electrons. The van der Waals surface area contributed by atoms with Gasteiger partial charge in [-0.1, -0.05) is 27.0 Å². The lowest BCUT2D eigenvalue weighted by molar-refractivity contribution is -0.173. The fourth-order valence-electron chi connectivity index (χ4n) is 2.87. The van der Waals surface area contributed by atoms with E-state index in [9.17, 15) is 9.59 Å². The van der Waals surface area contributed by atoms with E-state index in [4.69, 9.17) is 9.47 Å². The third-order valence-corrected chi connectivity index (χ3v) is 4.11. The molecule has 4 heteroatoms. The predicted octanol–water partition coefficient (Wildman–Crippen LogP) is 2.00. The van der Waals surface area contributed by atoms with Crippen LogP contribution < -0.4 is 0 Å². The lowest BCUT2D eigenvalue weighted by Crippen LogP contribution is -2.42. The summed E-state index contributed by atoms with van der Waals surface area (Å²) in [5.41, 5.74) is -1.34. The molecule has 0 aliphatic heterocycles. The Kier molecular flexibility index (Phi) is 2.84. The highest BCUT2D eigenvalue weighted by atomic mass is 16.6. The zero-order valence-electron chi connectivity index (χ0n) is 10.8. The van der Waals surface area contributed by atoms with Crippen molar-refractivity contribution in [1.82, 2.24) is 0 Å². The van der Waals surface area contributed by atoms with E-state index in [1.165, 1.54) is 0 Å². The van der Waals surface area contributed by atoms with Gasteiger partial charge in [-0.25, -0.2) is 9.59 Å². The highest BCUT2D eigenvalue weighted by molar-refractivity contribution is 5.83. The third kappa shape index (κ3) is 1.67. The van der Waals surface area contributed by atoms with Gasteiger partial charge in [0.05, 0.1) is 0 Å². The molecule has 0 heterocycles. The van der Waals surface area contributed by atoms with E-state index in [0.29, 0.717) is 0 Å². The summed E-state index contributed by atoms with van der Waals surface area (Å²) in [5, 5.41) is 0. The second kappa shape index (κ2) is 3.97. The molecule has 0 N–H and O–H groups in total. The van der Waals surface area contributed by atoms with Crippen molar-refractivity contribution in [3.05, 3.63) is 25.3 Å². The molecule has 0 amide bonds. The number of hydrogen-bond donors (Lipinski definition) is 0. The monoisotopic (exact) mass is 250 g/mol. The Morgan fingerprint density at radius 3 is 1.44 bits per heavy atom. The molecule has 0 aromatic carbocycles. The Labute approximate surface area is 107 Å². The highest BCUT2D eigenvalue weighted by Gasteiger charge is 2.79. The van der Waals surface area contributed by atoms with Crippen LogP contribution in [0.1, 0.15) is 26.7 Å². The molecule has 2 fully saturated rings. The Balaban J connectivity index is 2.21. The number of ether oxygens (including phenoxy) is 2. The van der Waals surface area contributed by atoms with Gasteiger partial charge in [-0.15, -0.1) is 0 Å². The van der Waals surface area contributed by atoms with Crippen molar-refractivity contribution in [3.8, 4) is 0 Å². The van der Waals surface area contributed by atoms with Gasteiger partial charge < -0.3 is 9.47 Å². The van der Waals surface area contributed by atoms with Crippen LogP contribution in [0.4, 0.5) is 0 Å². The smallest absolute Gasteiger partial charge is 0.330 e. The van der Waals surface area contributed by atoms with Crippen molar-refractivity contribution in [1.29, 1.82) is 0 Å². The standard InChI is InChI=1S/C14H18O4/c1-5-11(15)17-13(7-9(13)3)14(8-10(14)4)18-12(16)6-2/h5-6,9-10H,1-2,7-8H2,3-4H3. The fraction of sp³-hybridized carbons (Fsp3) is 0.571. The second-order valence-corrected chi connectivity index (χ2v) is 5.24. The van der Waals surface area contributed by atoms with Crippen LogP contribution in [0.2, 0.25) is 0 Å². The van der Waals surface area contributed by atoms with Crippen LogP contribution in [-0.4, -0.2) is 23.1 Å². The van der Waals surface area contributed by atoms with E-state index in [0.717, 1.165) is 25.0 Å². The van der Waals surface area contributed by atoms with E-state index in [2.05, 4.69) is 13.2 Å². The molecule has 0 radical (unpaired) electrons. The van der Waals surface area contributed by atoms with E-state index in [-0.39, 0.29) is 11.8 Å². The zero-order chi connectivity index (χ0) is 13.6. The van der Waals surface area contributed by atoms with Gasteiger partial charge in [-0.3, -0.25) is 0 Å². The third-order valence-electron chi connectivity index (χ3n) is 4.11. The molecule has 2 rings (SSSR count). The topological polar surface area (TPSA) is 52.6 Å². The van der Waals surface area contributed by atoms with Gasteiger partial charge in [-0.2, -0.15) is 0 Å². The van der Waals surface area contributed by atoms with E-state index >= 15 is 0 Å². The summed E-state index contributed by atoms with van der Waals surface area (Å²) >= 11 is 0. The summed E-state index contributed by atoms with van der Waals surface area (Å²) in [4.78, 5) is 22.9. The molecule has 0 spiro atoms. The van der Waals surface area contributed by atoms with E-state index in [1.807, 2.05) is 13.8 Å². The fourth-order valence-corrected chi connectivity index (χ4v) is 2.87. The maximum atomic E-state index is 11.4. The minimum absolute atomic E-state index is 0.198. The van der Waals surface area contributed by atoms with Crippen molar-refractivity contribution in [2.24, 2.45) is 11.8 Å². The molecule has 4 atom stereocenters. The van der Waals surface area contributed by atoms with E-state index < -0.39 is 23.1 Å². The lowest BCUT2D eigenvalue weighted by atomic mass is 10.1. The first kappa shape index (κ1) is 12.9. The number of esters is 2. The SMILES string of the molecule is C=CC(=O)OC1(C2(OC(=O)C=C)CC2C)CC1C. The van der Waals surface area contributed by atoms with Gasteiger partial charge in [-0.05, 0) is 12.8 Å². The van der Waals surface area contributed by atoms with Crippen LogP contribution in [0.3, 0.4) is 0 Å². The second-order valence-electron chi connectivity index (χ2n) is 5.24. The average Bonchev–Trinajstić information content (AvgIpc) is 3.18. The summed E-state index contributed by atoms with van der Waals surface area (Å²) in [7, 11) is 0. The molecule has 2 aliphatic rings. The molecule has 2 aliphatic carbocycles. The van der Waals surface area contributed by atoms with Gasteiger partial charge in [0.2, 0.25) is 0 Å². The minimum atomic E-state index is -0.670. The summed E-state index contributed by atoms with van der Waals surface area (Å²) in [5.74, 6) is -0.534. The van der Waals surface area contributed by atoms with Crippen LogP contribution in [0.15, 0.2) is 25.3 Å². The minimum Gasteiger partial charge on any atom is -0.451 e. The Hall–Kier alpha value is -1.58. The van der Waals surface area contributed by atoms with Gasteiger partial charge in [0, 0.05) is 24.0 Å². The van der Waals surface area contributed by atoms with Crippen molar-refractivity contribution >= 4 is 11.9 Å². The summed E-state index contributed by atoms with van der Waals surface area (Å²) in [6, 6.07) is 0. The largest absolute Gasteiger partial charge is 0.451 e. The highest BCUT2D eigenvalue weighted by Crippen LogP contribution is 2.67. The van der Waals surface area contributed by atoms with Gasteiger partial charge in [0.1, 0.15) is 0 Å². The van der Waals surface area contributed by atoms with Crippen LogP contribution in [0.25, 0.3) is 0 Å². The Morgan fingerprint density at radius 2 is 1.28 bits per heavy atom. The van der Waals surface area contributed by atoms with Gasteiger partial charge in [0.15, 0.2) is 11.2 Å². The first-order valence-corrected chi connectivity index (χ1v) is 6.12. The molecule has 0 aromatic rings. The van der Waals surface area contributed by atoms with E-state index in [1.54, 1.807) is 0 Å². The summed E-state index contributed by atoms with van der Waals surface area (Å²) < 4.78 is 11.0. The number of carbonyl (C=O) groups excluding carboxylic acids is 2. The van der Waals surface area contributed by atoms with Crippen molar-refractivity contribution in [2.45, 2.75) is 37.9 Å². The first-order chi connectivity index (χ1) is 8.41. The molecule has 4 unspecified atom stereocenters. The molecule has 4 nitrogen and oxygen atoms in total. The maximum Gasteiger partial charge on any atom is 0.330 e. The molecule has 2 saturated carbocycles. The molecule has 0 aromatic heterocycles. The predicted molar refractivity (Wildman–Crippen MR) is 65.6 cm³/mol. The molecule has 0 saturated heterocycles. The molecular formula is C14H18O4. The molecular weight excluding hydrogens is 232 g/mol. The van der Waals surface area contributed by atoms with Crippen molar-refractivity contribution in [3.63, 3.8) is 0 Å². The quantitative estimate of drug-likeness (QED) is 0.553. The first-order valence-electron chi connectivity index (χ1n) is 6.12. The van der Waals surface area contributed by atoms with Gasteiger partial charge >= 0.3 is 11.9 Å². The molecule has 0 bridgehead atoms. The van der Waals surface area contributed by atoms with Crippen LogP contribution in [-0.2, 0) is 19.1 Å². The molecule has 18 heavy (non-hydrogen) atoms. The zero-order valence-corrected chi connectivity index (χ0v) is 10.8. The summed E-state index contributed by atoms with van der Waals surface area (Å²) in [6.07, 6.45) is 3.73. The lowest BCUT2D eigenvalue weighted by Gasteiger charge is -2.28. The normalized spacial score (nSPS) is 40.6. The van der Waals surface area contributed by atoms with Gasteiger partial charge in [0.25, 0.3) is 0 Å². The number of hydrogen-bond acceptors (Lipinski definition) is 4. The Morgan fingerprint density at radius 1 is 1.00 bits per heavy atom. The van der Waals surface area contributed by atoms with Crippen LogP contribution in [0, 0.1) is 11.8 Å².